The van der Waals surface area contributed by atoms with E-state index in [1.165, 1.54) is 41.7 Å². The number of anilines is 2. The van der Waals surface area contributed by atoms with Gasteiger partial charge in [-0.2, -0.15) is 0 Å². The van der Waals surface area contributed by atoms with Crippen LogP contribution in [0.5, 0.6) is 0 Å². The van der Waals surface area contributed by atoms with Crippen LogP contribution in [-0.4, -0.2) is 10.9 Å². The quantitative estimate of drug-likeness (QED) is 0.514. The van der Waals surface area contributed by atoms with Crippen molar-refractivity contribution in [1.82, 2.24) is 4.98 Å². The molecule has 0 radical (unpaired) electrons. The molecule has 3 nitrogen and oxygen atoms in total. The Balaban J connectivity index is 1.80. The van der Waals surface area contributed by atoms with Crippen LogP contribution in [0.4, 0.5) is 15.2 Å². The van der Waals surface area contributed by atoms with E-state index < -0.39 is 0 Å². The van der Waals surface area contributed by atoms with Crippen molar-refractivity contribution in [2.75, 3.05) is 4.90 Å². The molecule has 26 heavy (non-hydrogen) atoms. The van der Waals surface area contributed by atoms with Crippen molar-refractivity contribution in [3.05, 3.63) is 70.5 Å². The summed E-state index contributed by atoms with van der Waals surface area (Å²) in [4.78, 5) is 19.0. The molecule has 0 fully saturated rings. The summed E-state index contributed by atoms with van der Waals surface area (Å²) in [5.74, 6) is 0.236. The molecule has 3 aromatic rings. The SMILES string of the molecule is CC(=O)N(c1ccc(C)c(C)c1)c1nc(CSc2ccccc2F)cs1. The molecule has 2 aromatic carbocycles. The van der Waals surface area contributed by atoms with Crippen molar-refractivity contribution in [1.29, 1.82) is 0 Å². The summed E-state index contributed by atoms with van der Waals surface area (Å²) in [6.07, 6.45) is 0. The van der Waals surface area contributed by atoms with Gasteiger partial charge in [0.25, 0.3) is 0 Å². The fraction of sp³-hybridized carbons (Fsp3) is 0.200. The highest BCUT2D eigenvalue weighted by molar-refractivity contribution is 7.98. The predicted octanol–water partition coefficient (Wildman–Crippen LogP) is 5.88. The molecule has 0 bridgehead atoms. The van der Waals surface area contributed by atoms with E-state index in [1.54, 1.807) is 17.0 Å². The number of rotatable bonds is 5. The lowest BCUT2D eigenvalue weighted by Gasteiger charge is -2.19. The number of benzene rings is 2. The molecule has 0 saturated carbocycles. The summed E-state index contributed by atoms with van der Waals surface area (Å²) in [6.45, 7) is 5.60. The maximum absolute atomic E-state index is 13.7. The second-order valence-electron chi connectivity index (χ2n) is 5.96. The van der Waals surface area contributed by atoms with Crippen LogP contribution in [-0.2, 0) is 10.5 Å². The zero-order chi connectivity index (χ0) is 18.7. The Hall–Kier alpha value is -2.18. The minimum absolute atomic E-state index is 0.0871. The zero-order valence-electron chi connectivity index (χ0n) is 14.8. The second-order valence-corrected chi connectivity index (χ2v) is 7.82. The Labute approximate surface area is 160 Å². The summed E-state index contributed by atoms with van der Waals surface area (Å²) in [5, 5.41) is 2.55. The van der Waals surface area contributed by atoms with Crippen LogP contribution in [0, 0.1) is 19.7 Å². The van der Waals surface area contributed by atoms with Crippen LogP contribution >= 0.6 is 23.1 Å². The van der Waals surface area contributed by atoms with Gasteiger partial charge in [0, 0.05) is 23.0 Å². The summed E-state index contributed by atoms with van der Waals surface area (Å²) in [7, 11) is 0. The highest BCUT2D eigenvalue weighted by Crippen LogP contribution is 2.32. The van der Waals surface area contributed by atoms with Crippen molar-refractivity contribution in [3.8, 4) is 0 Å². The number of thiazole rings is 1. The van der Waals surface area contributed by atoms with Crippen LogP contribution in [0.1, 0.15) is 23.7 Å². The van der Waals surface area contributed by atoms with Gasteiger partial charge >= 0.3 is 0 Å². The molecule has 0 unspecified atom stereocenters. The summed E-state index contributed by atoms with van der Waals surface area (Å²) in [6, 6.07) is 12.6. The number of hydrogen-bond donors (Lipinski definition) is 0. The largest absolute Gasteiger partial charge is 0.274 e. The standard InChI is InChI=1S/C20H19FN2OS2/c1-13-8-9-17(10-14(13)2)23(15(3)24)20-22-16(12-26-20)11-25-19-7-5-4-6-18(19)21/h4-10,12H,11H2,1-3H3. The highest BCUT2D eigenvalue weighted by atomic mass is 32.2. The topological polar surface area (TPSA) is 33.2 Å². The third kappa shape index (κ3) is 4.14. The number of nitrogens with zero attached hydrogens (tertiary/aromatic N) is 2. The van der Waals surface area contributed by atoms with Gasteiger partial charge in [0.15, 0.2) is 5.13 Å². The van der Waals surface area contributed by atoms with Crippen molar-refractivity contribution >= 4 is 39.8 Å². The Bertz CT molecular complexity index is 939. The lowest BCUT2D eigenvalue weighted by Crippen LogP contribution is -2.22. The molecule has 134 valence electrons. The average molecular weight is 387 g/mol. The molecular weight excluding hydrogens is 367 g/mol. The number of halogens is 1. The van der Waals surface area contributed by atoms with Crippen LogP contribution in [0.2, 0.25) is 0 Å². The van der Waals surface area contributed by atoms with Crippen molar-refractivity contribution in [2.24, 2.45) is 0 Å². The molecule has 0 spiro atoms. The first-order chi connectivity index (χ1) is 12.5. The summed E-state index contributed by atoms with van der Waals surface area (Å²) in [5.41, 5.74) is 3.94. The first kappa shape index (κ1) is 18.6. The maximum Gasteiger partial charge on any atom is 0.230 e. The summed E-state index contributed by atoms with van der Waals surface area (Å²) < 4.78 is 13.7. The third-order valence-corrected chi connectivity index (χ3v) is 5.96. The van der Waals surface area contributed by atoms with Gasteiger partial charge in [-0.1, -0.05) is 18.2 Å². The van der Waals surface area contributed by atoms with E-state index >= 15 is 0 Å². The molecule has 0 N–H and O–H groups in total. The number of thioether (sulfide) groups is 1. The molecule has 1 amide bonds. The zero-order valence-corrected chi connectivity index (χ0v) is 16.5. The molecule has 0 aliphatic rings. The predicted molar refractivity (Wildman–Crippen MR) is 107 cm³/mol. The summed E-state index contributed by atoms with van der Waals surface area (Å²) >= 11 is 2.82. The van der Waals surface area contributed by atoms with E-state index in [-0.39, 0.29) is 11.7 Å². The number of aryl methyl sites for hydroxylation is 2. The van der Waals surface area contributed by atoms with Crippen molar-refractivity contribution in [2.45, 2.75) is 31.4 Å². The van der Waals surface area contributed by atoms with Gasteiger partial charge in [0.2, 0.25) is 5.91 Å². The minimum Gasteiger partial charge on any atom is -0.274 e. The number of carbonyl (C=O) groups excluding carboxylic acids is 1. The molecule has 1 heterocycles. The van der Waals surface area contributed by atoms with Crippen LogP contribution in [0.25, 0.3) is 0 Å². The van der Waals surface area contributed by atoms with Gasteiger partial charge in [-0.3, -0.25) is 9.69 Å². The van der Waals surface area contributed by atoms with Gasteiger partial charge < -0.3 is 0 Å². The van der Waals surface area contributed by atoms with E-state index in [2.05, 4.69) is 4.98 Å². The van der Waals surface area contributed by atoms with Crippen molar-refractivity contribution < 1.29 is 9.18 Å². The van der Waals surface area contributed by atoms with Gasteiger partial charge in [-0.15, -0.1) is 23.1 Å². The molecule has 6 heteroatoms. The smallest absolute Gasteiger partial charge is 0.230 e. The van der Waals surface area contributed by atoms with Gasteiger partial charge in [0.1, 0.15) is 5.82 Å². The lowest BCUT2D eigenvalue weighted by atomic mass is 10.1. The van der Waals surface area contributed by atoms with Crippen LogP contribution in [0.3, 0.4) is 0 Å². The molecule has 3 rings (SSSR count). The maximum atomic E-state index is 13.7. The molecule has 0 atom stereocenters. The van der Waals surface area contributed by atoms with Gasteiger partial charge in [-0.05, 0) is 49.2 Å². The molecule has 0 aliphatic carbocycles. The third-order valence-electron chi connectivity index (χ3n) is 4.01. The van der Waals surface area contributed by atoms with Crippen molar-refractivity contribution in [3.63, 3.8) is 0 Å². The number of carbonyl (C=O) groups is 1. The Morgan fingerprint density at radius 2 is 1.96 bits per heavy atom. The van der Waals surface area contributed by atoms with E-state index in [1.807, 2.05) is 43.5 Å². The van der Waals surface area contributed by atoms with E-state index in [9.17, 15) is 9.18 Å². The first-order valence-corrected chi connectivity index (χ1v) is 10.0. The Kier molecular flexibility index (Phi) is 5.74. The molecular formula is C20H19FN2OS2. The molecule has 0 saturated heterocycles. The van der Waals surface area contributed by atoms with E-state index in [0.29, 0.717) is 15.8 Å². The average Bonchev–Trinajstić information content (AvgIpc) is 3.05. The van der Waals surface area contributed by atoms with E-state index in [0.717, 1.165) is 16.9 Å². The Morgan fingerprint density at radius 3 is 2.65 bits per heavy atom. The molecule has 0 aliphatic heterocycles. The number of hydrogen-bond acceptors (Lipinski definition) is 4. The Morgan fingerprint density at radius 1 is 1.19 bits per heavy atom. The number of amides is 1. The first-order valence-electron chi connectivity index (χ1n) is 8.15. The fourth-order valence-corrected chi connectivity index (χ4v) is 4.29. The van der Waals surface area contributed by atoms with Gasteiger partial charge in [-0.25, -0.2) is 9.37 Å². The minimum atomic E-state index is -0.228. The molecule has 1 aromatic heterocycles. The normalized spacial score (nSPS) is 10.8. The van der Waals surface area contributed by atoms with E-state index in [4.69, 9.17) is 0 Å². The number of aromatic nitrogens is 1. The van der Waals surface area contributed by atoms with Gasteiger partial charge in [0.05, 0.1) is 11.4 Å². The fourth-order valence-electron chi connectivity index (χ4n) is 2.47. The van der Waals surface area contributed by atoms with Crippen LogP contribution in [0.15, 0.2) is 52.7 Å². The monoisotopic (exact) mass is 386 g/mol. The van der Waals surface area contributed by atoms with Crippen LogP contribution < -0.4 is 4.90 Å². The lowest BCUT2D eigenvalue weighted by molar-refractivity contribution is -0.115. The second kappa shape index (κ2) is 8.01. The highest BCUT2D eigenvalue weighted by Gasteiger charge is 2.18.